The molecule has 1 aromatic carbocycles. The Labute approximate surface area is 98.2 Å². The molecule has 90 valence electrons. The van der Waals surface area contributed by atoms with E-state index >= 15 is 0 Å². The average Bonchev–Trinajstić information content (AvgIpc) is 2.27. The second-order valence-electron chi connectivity index (χ2n) is 4.44. The van der Waals surface area contributed by atoms with E-state index in [0.717, 1.165) is 24.5 Å². The van der Waals surface area contributed by atoms with E-state index < -0.39 is 0 Å². The van der Waals surface area contributed by atoms with Gasteiger partial charge in [0.2, 0.25) is 0 Å². The zero-order valence-electron chi connectivity index (χ0n) is 10.7. The molecule has 0 aliphatic rings. The molecule has 1 unspecified atom stereocenters. The van der Waals surface area contributed by atoms with E-state index in [1.54, 1.807) is 0 Å². The van der Waals surface area contributed by atoms with E-state index in [0.29, 0.717) is 11.6 Å². The SMILES string of the molecule is CCC(C)COc1cc(N(C)C)ccc1N. The lowest BCUT2D eigenvalue weighted by Crippen LogP contribution is -2.11. The van der Waals surface area contributed by atoms with E-state index in [2.05, 4.69) is 13.8 Å². The summed E-state index contributed by atoms with van der Waals surface area (Å²) in [5.41, 5.74) is 7.68. The minimum absolute atomic E-state index is 0.558. The summed E-state index contributed by atoms with van der Waals surface area (Å²) in [6.45, 7) is 5.05. The van der Waals surface area contributed by atoms with Gasteiger partial charge in [-0.1, -0.05) is 20.3 Å². The molecule has 3 heteroatoms. The van der Waals surface area contributed by atoms with E-state index in [9.17, 15) is 0 Å². The van der Waals surface area contributed by atoms with Crippen LogP contribution in [-0.4, -0.2) is 20.7 Å². The van der Waals surface area contributed by atoms with Gasteiger partial charge in [-0.05, 0) is 18.1 Å². The van der Waals surface area contributed by atoms with Crippen LogP contribution in [0.2, 0.25) is 0 Å². The highest BCUT2D eigenvalue weighted by molar-refractivity contribution is 5.61. The highest BCUT2D eigenvalue weighted by atomic mass is 16.5. The molecular weight excluding hydrogens is 200 g/mol. The standard InChI is InChI=1S/C13H22N2O/c1-5-10(2)9-16-13-8-11(15(3)4)6-7-12(13)14/h6-8,10H,5,9,14H2,1-4H3. The van der Waals surface area contributed by atoms with Crippen LogP contribution >= 0.6 is 0 Å². The fraction of sp³-hybridized carbons (Fsp3) is 0.538. The Morgan fingerprint density at radius 3 is 2.62 bits per heavy atom. The number of nitrogens with zero attached hydrogens (tertiary/aromatic N) is 1. The molecular formula is C13H22N2O. The predicted octanol–water partition coefficient (Wildman–Crippen LogP) is 2.76. The van der Waals surface area contributed by atoms with Gasteiger partial charge in [0, 0.05) is 25.8 Å². The average molecular weight is 222 g/mol. The molecule has 0 radical (unpaired) electrons. The molecule has 0 saturated carbocycles. The largest absolute Gasteiger partial charge is 0.491 e. The maximum atomic E-state index is 5.87. The molecule has 0 saturated heterocycles. The maximum absolute atomic E-state index is 5.87. The summed E-state index contributed by atoms with van der Waals surface area (Å²) in [4.78, 5) is 2.04. The van der Waals surface area contributed by atoms with Crippen molar-refractivity contribution in [1.29, 1.82) is 0 Å². The van der Waals surface area contributed by atoms with Crippen LogP contribution in [-0.2, 0) is 0 Å². The number of hydrogen-bond donors (Lipinski definition) is 1. The van der Waals surface area contributed by atoms with E-state index in [1.165, 1.54) is 0 Å². The van der Waals surface area contributed by atoms with E-state index in [4.69, 9.17) is 10.5 Å². The summed E-state index contributed by atoms with van der Waals surface area (Å²) in [6, 6.07) is 5.87. The van der Waals surface area contributed by atoms with Crippen LogP contribution in [0.15, 0.2) is 18.2 Å². The first-order chi connectivity index (χ1) is 7.54. The first-order valence-electron chi connectivity index (χ1n) is 5.74. The summed E-state index contributed by atoms with van der Waals surface area (Å²) >= 11 is 0. The van der Waals surface area contributed by atoms with Crippen molar-refractivity contribution >= 4 is 11.4 Å². The van der Waals surface area contributed by atoms with Crippen molar-refractivity contribution in [3.63, 3.8) is 0 Å². The molecule has 0 aliphatic carbocycles. The zero-order valence-corrected chi connectivity index (χ0v) is 10.7. The lowest BCUT2D eigenvalue weighted by atomic mass is 10.1. The molecule has 2 N–H and O–H groups in total. The Balaban J connectivity index is 2.74. The molecule has 0 amide bonds. The quantitative estimate of drug-likeness (QED) is 0.778. The van der Waals surface area contributed by atoms with Gasteiger partial charge in [-0.15, -0.1) is 0 Å². The topological polar surface area (TPSA) is 38.5 Å². The fourth-order valence-electron chi connectivity index (χ4n) is 1.28. The van der Waals surface area contributed by atoms with Crippen molar-refractivity contribution in [1.82, 2.24) is 0 Å². The molecule has 0 aromatic heterocycles. The second kappa shape index (κ2) is 5.64. The maximum Gasteiger partial charge on any atom is 0.144 e. The molecule has 1 aromatic rings. The van der Waals surface area contributed by atoms with Gasteiger partial charge in [0.25, 0.3) is 0 Å². The Bertz CT molecular complexity index is 337. The Morgan fingerprint density at radius 1 is 1.38 bits per heavy atom. The van der Waals surface area contributed by atoms with Gasteiger partial charge in [0.05, 0.1) is 12.3 Å². The third-order valence-electron chi connectivity index (χ3n) is 2.73. The second-order valence-corrected chi connectivity index (χ2v) is 4.44. The molecule has 0 fully saturated rings. The number of ether oxygens (including phenoxy) is 1. The molecule has 16 heavy (non-hydrogen) atoms. The lowest BCUT2D eigenvalue weighted by molar-refractivity contribution is 0.258. The van der Waals surface area contributed by atoms with Crippen LogP contribution in [0.25, 0.3) is 0 Å². The molecule has 0 bridgehead atoms. The number of benzene rings is 1. The summed E-state index contributed by atoms with van der Waals surface area (Å²) < 4.78 is 5.73. The number of rotatable bonds is 5. The lowest BCUT2D eigenvalue weighted by Gasteiger charge is -2.17. The molecule has 0 spiro atoms. The fourth-order valence-corrected chi connectivity index (χ4v) is 1.28. The van der Waals surface area contributed by atoms with E-state index in [1.807, 2.05) is 37.2 Å². The van der Waals surface area contributed by atoms with Gasteiger partial charge >= 0.3 is 0 Å². The normalized spacial score (nSPS) is 12.2. The molecule has 0 heterocycles. The Hall–Kier alpha value is -1.38. The van der Waals surface area contributed by atoms with E-state index in [-0.39, 0.29) is 0 Å². The van der Waals surface area contributed by atoms with Gasteiger partial charge in [-0.3, -0.25) is 0 Å². The van der Waals surface area contributed by atoms with Crippen LogP contribution in [0.5, 0.6) is 5.75 Å². The summed E-state index contributed by atoms with van der Waals surface area (Å²) in [5, 5.41) is 0. The van der Waals surface area contributed by atoms with Gasteiger partial charge in [-0.25, -0.2) is 0 Å². The zero-order chi connectivity index (χ0) is 12.1. The van der Waals surface area contributed by atoms with Crippen molar-refractivity contribution in [2.75, 3.05) is 31.3 Å². The molecule has 0 aliphatic heterocycles. The van der Waals surface area contributed by atoms with Crippen LogP contribution in [0.3, 0.4) is 0 Å². The van der Waals surface area contributed by atoms with Gasteiger partial charge in [0.15, 0.2) is 0 Å². The molecule has 3 nitrogen and oxygen atoms in total. The van der Waals surface area contributed by atoms with Crippen molar-refractivity contribution in [2.45, 2.75) is 20.3 Å². The van der Waals surface area contributed by atoms with Crippen molar-refractivity contribution in [3.8, 4) is 5.75 Å². The minimum Gasteiger partial charge on any atom is -0.491 e. The highest BCUT2D eigenvalue weighted by Gasteiger charge is 2.05. The summed E-state index contributed by atoms with van der Waals surface area (Å²) in [6.07, 6.45) is 1.12. The molecule has 1 rings (SSSR count). The van der Waals surface area contributed by atoms with Crippen LogP contribution in [0.1, 0.15) is 20.3 Å². The predicted molar refractivity (Wildman–Crippen MR) is 70.1 cm³/mol. The Morgan fingerprint density at radius 2 is 2.06 bits per heavy atom. The monoisotopic (exact) mass is 222 g/mol. The third-order valence-corrected chi connectivity index (χ3v) is 2.73. The first-order valence-corrected chi connectivity index (χ1v) is 5.74. The third kappa shape index (κ3) is 3.33. The van der Waals surface area contributed by atoms with Crippen LogP contribution in [0.4, 0.5) is 11.4 Å². The number of hydrogen-bond acceptors (Lipinski definition) is 3. The Kier molecular flexibility index (Phi) is 4.47. The summed E-state index contributed by atoms with van der Waals surface area (Å²) in [7, 11) is 4.01. The number of anilines is 2. The van der Waals surface area contributed by atoms with Crippen molar-refractivity contribution in [2.24, 2.45) is 5.92 Å². The van der Waals surface area contributed by atoms with Crippen LogP contribution < -0.4 is 15.4 Å². The first kappa shape index (κ1) is 12.7. The van der Waals surface area contributed by atoms with Gasteiger partial charge < -0.3 is 15.4 Å². The smallest absolute Gasteiger partial charge is 0.144 e. The van der Waals surface area contributed by atoms with Gasteiger partial charge in [0.1, 0.15) is 5.75 Å². The molecule has 1 atom stereocenters. The number of nitrogen functional groups attached to an aromatic ring is 1. The van der Waals surface area contributed by atoms with Gasteiger partial charge in [-0.2, -0.15) is 0 Å². The van der Waals surface area contributed by atoms with Crippen molar-refractivity contribution < 1.29 is 4.74 Å². The highest BCUT2D eigenvalue weighted by Crippen LogP contribution is 2.27. The van der Waals surface area contributed by atoms with Crippen LogP contribution in [0, 0.1) is 5.92 Å². The van der Waals surface area contributed by atoms with Crippen molar-refractivity contribution in [3.05, 3.63) is 18.2 Å². The number of nitrogens with two attached hydrogens (primary N) is 1. The minimum atomic E-state index is 0.558. The summed E-state index contributed by atoms with van der Waals surface area (Å²) in [5.74, 6) is 1.34.